The van der Waals surface area contributed by atoms with E-state index < -0.39 is 10.1 Å². The Morgan fingerprint density at radius 1 is 0.750 bits per heavy atom. The quantitative estimate of drug-likeness (QED) is 0.492. The predicted molar refractivity (Wildman–Crippen MR) is 108 cm³/mol. The maximum atomic E-state index is 11.1. The van der Waals surface area contributed by atoms with Crippen LogP contribution in [0.3, 0.4) is 0 Å². The lowest BCUT2D eigenvalue weighted by Gasteiger charge is -2.11. The number of benzene rings is 3. The Morgan fingerprint density at radius 3 is 1.46 bits per heavy atom. The van der Waals surface area contributed by atoms with Gasteiger partial charge in [0.15, 0.2) is 0 Å². The third-order valence-corrected chi connectivity index (χ3v) is 5.35. The second kappa shape index (κ2) is 8.46. The molecule has 0 radical (unpaired) electrons. The zero-order valence-electron chi connectivity index (χ0n) is 15.7. The lowest BCUT2D eigenvalue weighted by atomic mass is 9.99. The topological polar surface area (TPSA) is 72.8 Å². The number of ether oxygens (including phenoxy) is 2. The summed E-state index contributed by atoms with van der Waals surface area (Å²) in [6, 6.07) is 20.7. The fourth-order valence-electron chi connectivity index (χ4n) is 2.63. The Morgan fingerprint density at radius 2 is 1.11 bits per heavy atom. The maximum Gasteiger partial charge on any atom is 0.294 e. The highest BCUT2D eigenvalue weighted by Gasteiger charge is 2.09. The van der Waals surface area contributed by atoms with Crippen LogP contribution in [0.2, 0.25) is 0 Å². The van der Waals surface area contributed by atoms with Crippen LogP contribution in [0.15, 0.2) is 77.7 Å². The zero-order chi connectivity index (χ0) is 20.1. The van der Waals surface area contributed by atoms with Crippen LogP contribution in [0, 0.1) is 0 Å². The minimum Gasteiger partial charge on any atom is -0.457 e. The average Bonchev–Trinajstić information content (AvgIpc) is 2.69. The van der Waals surface area contributed by atoms with Gasteiger partial charge in [-0.15, -0.1) is 0 Å². The molecule has 1 N–H and O–H groups in total. The molecule has 0 aromatic heterocycles. The van der Waals surface area contributed by atoms with Crippen molar-refractivity contribution in [2.45, 2.75) is 31.1 Å². The molecule has 0 aliphatic heterocycles. The van der Waals surface area contributed by atoms with E-state index >= 15 is 0 Å². The van der Waals surface area contributed by atoms with Gasteiger partial charge in [-0.25, -0.2) is 0 Å². The van der Waals surface area contributed by atoms with Crippen molar-refractivity contribution in [2.75, 3.05) is 0 Å². The first-order chi connectivity index (χ1) is 13.3. The third kappa shape index (κ3) is 5.12. The molecule has 0 saturated carbocycles. The lowest BCUT2D eigenvalue weighted by molar-refractivity contribution is 0.468. The Labute approximate surface area is 165 Å². The molecule has 1 unspecified atom stereocenters. The SMILES string of the molecule is CCC(C)c1ccc(Oc2ccc(Oc3ccc(S(=O)(=O)O)cc3)cc2)cc1. The van der Waals surface area contributed by atoms with Crippen LogP contribution in [-0.2, 0) is 10.1 Å². The summed E-state index contributed by atoms with van der Waals surface area (Å²) in [5.74, 6) is 3.02. The van der Waals surface area contributed by atoms with Gasteiger partial charge in [-0.1, -0.05) is 26.0 Å². The van der Waals surface area contributed by atoms with E-state index in [9.17, 15) is 8.42 Å². The van der Waals surface area contributed by atoms with Crippen LogP contribution in [-0.4, -0.2) is 13.0 Å². The Balaban J connectivity index is 1.63. The molecule has 0 fully saturated rings. The van der Waals surface area contributed by atoms with Gasteiger partial charge in [0.25, 0.3) is 10.1 Å². The number of hydrogen-bond donors (Lipinski definition) is 1. The fraction of sp³-hybridized carbons (Fsp3) is 0.182. The van der Waals surface area contributed by atoms with Crippen molar-refractivity contribution in [3.05, 3.63) is 78.4 Å². The van der Waals surface area contributed by atoms with Gasteiger partial charge in [0, 0.05) is 0 Å². The van der Waals surface area contributed by atoms with Crippen LogP contribution >= 0.6 is 0 Å². The first-order valence-corrected chi connectivity index (χ1v) is 10.4. The van der Waals surface area contributed by atoms with E-state index in [1.165, 1.54) is 29.8 Å². The Hall–Kier alpha value is -2.83. The summed E-state index contributed by atoms with van der Waals surface area (Å²) in [6.07, 6.45) is 1.10. The van der Waals surface area contributed by atoms with Crippen molar-refractivity contribution in [2.24, 2.45) is 0 Å². The summed E-state index contributed by atoms with van der Waals surface area (Å²) in [5.41, 5.74) is 1.29. The van der Waals surface area contributed by atoms with Gasteiger partial charge in [-0.05, 0) is 78.6 Å². The molecule has 1 atom stereocenters. The number of hydrogen-bond acceptors (Lipinski definition) is 4. The van der Waals surface area contributed by atoms with Gasteiger partial charge in [-0.3, -0.25) is 4.55 Å². The predicted octanol–water partition coefficient (Wildman–Crippen LogP) is 6.03. The van der Waals surface area contributed by atoms with Gasteiger partial charge in [0.2, 0.25) is 0 Å². The molecule has 146 valence electrons. The van der Waals surface area contributed by atoms with Gasteiger partial charge in [-0.2, -0.15) is 8.42 Å². The van der Waals surface area contributed by atoms with Crippen LogP contribution in [0.25, 0.3) is 0 Å². The first kappa shape index (κ1) is 19.9. The van der Waals surface area contributed by atoms with Gasteiger partial charge in [0.05, 0.1) is 4.90 Å². The molecule has 0 heterocycles. The molecule has 3 rings (SSSR count). The molecule has 3 aromatic rings. The van der Waals surface area contributed by atoms with E-state index in [4.69, 9.17) is 14.0 Å². The maximum absolute atomic E-state index is 11.1. The van der Waals surface area contributed by atoms with Crippen molar-refractivity contribution in [1.82, 2.24) is 0 Å². The molecule has 0 bridgehead atoms. The third-order valence-electron chi connectivity index (χ3n) is 4.48. The summed E-state index contributed by atoms with van der Waals surface area (Å²) >= 11 is 0. The zero-order valence-corrected chi connectivity index (χ0v) is 16.5. The van der Waals surface area contributed by atoms with Gasteiger partial charge in [0.1, 0.15) is 23.0 Å². The Bertz CT molecular complexity index is 1010. The van der Waals surface area contributed by atoms with Crippen LogP contribution in [0.4, 0.5) is 0 Å². The highest BCUT2D eigenvalue weighted by atomic mass is 32.2. The summed E-state index contributed by atoms with van der Waals surface area (Å²) in [5, 5.41) is 0. The monoisotopic (exact) mass is 398 g/mol. The van der Waals surface area contributed by atoms with Crippen LogP contribution in [0.1, 0.15) is 31.7 Å². The average molecular weight is 398 g/mol. The van der Waals surface area contributed by atoms with E-state index in [1.807, 2.05) is 12.1 Å². The van der Waals surface area contributed by atoms with E-state index in [0.717, 1.165) is 12.2 Å². The van der Waals surface area contributed by atoms with Crippen molar-refractivity contribution in [3.8, 4) is 23.0 Å². The smallest absolute Gasteiger partial charge is 0.294 e. The second-order valence-electron chi connectivity index (χ2n) is 6.50. The molecule has 5 nitrogen and oxygen atoms in total. The lowest BCUT2D eigenvalue weighted by Crippen LogP contribution is -1.97. The molecule has 28 heavy (non-hydrogen) atoms. The standard InChI is InChI=1S/C22H22O5S/c1-3-16(2)17-4-6-18(7-5-17)26-19-8-10-20(11-9-19)27-21-12-14-22(15-13-21)28(23,24)25/h4-16H,3H2,1-2H3,(H,23,24,25). The summed E-state index contributed by atoms with van der Waals surface area (Å²) < 4.78 is 42.6. The van der Waals surface area contributed by atoms with Gasteiger partial charge >= 0.3 is 0 Å². The summed E-state index contributed by atoms with van der Waals surface area (Å²) in [7, 11) is -4.21. The fourth-order valence-corrected chi connectivity index (χ4v) is 3.11. The number of rotatable bonds is 7. The van der Waals surface area contributed by atoms with Crippen molar-refractivity contribution < 1.29 is 22.4 Å². The van der Waals surface area contributed by atoms with Crippen LogP contribution in [0.5, 0.6) is 23.0 Å². The minimum atomic E-state index is -4.21. The van der Waals surface area contributed by atoms with E-state index in [0.29, 0.717) is 23.2 Å². The molecular weight excluding hydrogens is 376 g/mol. The minimum absolute atomic E-state index is 0.178. The Kier molecular flexibility index (Phi) is 6.02. The largest absolute Gasteiger partial charge is 0.457 e. The molecular formula is C22H22O5S. The highest BCUT2D eigenvalue weighted by molar-refractivity contribution is 7.85. The van der Waals surface area contributed by atoms with E-state index in [2.05, 4.69) is 26.0 Å². The summed E-state index contributed by atoms with van der Waals surface area (Å²) in [4.78, 5) is -0.178. The highest BCUT2D eigenvalue weighted by Crippen LogP contribution is 2.28. The molecule has 0 saturated heterocycles. The first-order valence-electron chi connectivity index (χ1n) is 8.98. The molecule has 0 amide bonds. The second-order valence-corrected chi connectivity index (χ2v) is 7.92. The van der Waals surface area contributed by atoms with Gasteiger partial charge < -0.3 is 9.47 Å². The molecule has 3 aromatic carbocycles. The van der Waals surface area contributed by atoms with Crippen molar-refractivity contribution in [1.29, 1.82) is 0 Å². The molecule has 0 aliphatic rings. The van der Waals surface area contributed by atoms with E-state index in [-0.39, 0.29) is 4.90 Å². The molecule has 0 aliphatic carbocycles. The summed E-state index contributed by atoms with van der Waals surface area (Å²) in [6.45, 7) is 4.37. The van der Waals surface area contributed by atoms with Crippen molar-refractivity contribution in [3.63, 3.8) is 0 Å². The molecule has 0 spiro atoms. The molecule has 6 heteroatoms. The normalized spacial score (nSPS) is 12.4. The van der Waals surface area contributed by atoms with Crippen molar-refractivity contribution >= 4 is 10.1 Å². The van der Waals surface area contributed by atoms with Crippen LogP contribution < -0.4 is 9.47 Å². The van der Waals surface area contributed by atoms with E-state index in [1.54, 1.807) is 24.3 Å².